The van der Waals surface area contributed by atoms with Crippen LogP contribution in [0.3, 0.4) is 0 Å². The first-order chi connectivity index (χ1) is 18.7. The second-order valence-electron chi connectivity index (χ2n) is 8.24. The van der Waals surface area contributed by atoms with E-state index in [1.165, 1.54) is 30.6 Å². The highest BCUT2D eigenvalue weighted by atomic mass is 32.2. The van der Waals surface area contributed by atoms with Crippen LogP contribution in [0.5, 0.6) is 5.75 Å². The van der Waals surface area contributed by atoms with E-state index in [1.807, 2.05) is 29.1 Å². The molecule has 10 nitrogen and oxygen atoms in total. The number of hydrogen-bond acceptors (Lipinski definition) is 8. The monoisotopic (exact) mass is 577 g/mol. The van der Waals surface area contributed by atoms with Crippen LogP contribution < -0.4 is 20.1 Å². The summed E-state index contributed by atoms with van der Waals surface area (Å²) < 4.78 is 73.4. The summed E-state index contributed by atoms with van der Waals surface area (Å²) in [6, 6.07) is 12.9. The molecule has 0 amide bonds. The number of hydrogen-bond donors (Lipinski definition) is 3. The normalized spacial score (nSPS) is 12.0. The zero-order valence-corrected chi connectivity index (χ0v) is 21.7. The van der Waals surface area contributed by atoms with E-state index in [2.05, 4.69) is 30.2 Å². The molecule has 0 unspecified atom stereocenters. The van der Waals surface area contributed by atoms with Gasteiger partial charge in [0.2, 0.25) is 0 Å². The van der Waals surface area contributed by atoms with E-state index >= 15 is 0 Å². The summed E-state index contributed by atoms with van der Waals surface area (Å²) in [4.78, 5) is 3.94. The van der Waals surface area contributed by atoms with Crippen LogP contribution in [0.1, 0.15) is 5.56 Å². The van der Waals surface area contributed by atoms with Gasteiger partial charge in [0.05, 0.1) is 11.7 Å². The Bertz CT molecular complexity index is 1650. The maximum absolute atomic E-state index is 12.9. The predicted octanol–water partition coefficient (Wildman–Crippen LogP) is 5.12. The molecule has 3 N–H and O–H groups in total. The first-order valence-electron chi connectivity index (χ1n) is 11.5. The molecular formula is C24H22F3N7O3S2. The highest BCUT2D eigenvalue weighted by Crippen LogP contribution is 2.30. The van der Waals surface area contributed by atoms with Crippen molar-refractivity contribution in [2.24, 2.45) is 0 Å². The van der Waals surface area contributed by atoms with E-state index < -0.39 is 16.6 Å². The van der Waals surface area contributed by atoms with E-state index in [0.717, 1.165) is 15.4 Å². The lowest BCUT2D eigenvalue weighted by Crippen LogP contribution is -2.22. The molecule has 39 heavy (non-hydrogen) atoms. The van der Waals surface area contributed by atoms with E-state index in [4.69, 9.17) is 0 Å². The van der Waals surface area contributed by atoms with Gasteiger partial charge in [0.25, 0.3) is 0 Å². The third-order valence-electron chi connectivity index (χ3n) is 5.59. The van der Waals surface area contributed by atoms with Crippen LogP contribution in [0, 0.1) is 0 Å². The number of anilines is 3. The van der Waals surface area contributed by atoms with Crippen LogP contribution in [-0.4, -0.2) is 40.1 Å². The quantitative estimate of drug-likeness (QED) is 0.200. The molecule has 0 aliphatic carbocycles. The molecule has 0 fully saturated rings. The molecule has 204 valence electrons. The van der Waals surface area contributed by atoms with Gasteiger partial charge >= 0.3 is 16.6 Å². The second-order valence-corrected chi connectivity index (χ2v) is 10.6. The van der Waals surface area contributed by atoms with Crippen molar-refractivity contribution in [2.45, 2.75) is 19.5 Å². The summed E-state index contributed by atoms with van der Waals surface area (Å²) in [5, 5.41) is 12.9. The number of fused-ring (bicyclic) bond motifs is 1. The van der Waals surface area contributed by atoms with Gasteiger partial charge in [-0.05, 0) is 35.9 Å². The lowest BCUT2D eigenvalue weighted by molar-refractivity contribution is -0.274. The molecular weight excluding hydrogens is 555 g/mol. The molecule has 5 rings (SSSR count). The molecule has 3 heterocycles. The average molecular weight is 578 g/mol. The maximum Gasteiger partial charge on any atom is 0.573 e. The van der Waals surface area contributed by atoms with Crippen LogP contribution >= 0.6 is 11.3 Å². The molecule has 0 spiro atoms. The number of ether oxygens (including phenoxy) is 1. The minimum Gasteiger partial charge on any atom is -0.406 e. The van der Waals surface area contributed by atoms with Gasteiger partial charge in [-0.15, -0.1) is 28.6 Å². The minimum atomic E-state index is -4.81. The van der Waals surface area contributed by atoms with Crippen molar-refractivity contribution in [3.05, 3.63) is 84.3 Å². The minimum absolute atomic E-state index is 0.211. The SMILES string of the molecule is O=S(=O)(Nc1nccs1)n1ncc2c(NCc3ccc(OC(F)(F)F)cc3NCCn3cccc3)cccc21. The van der Waals surface area contributed by atoms with Crippen LogP contribution in [0.4, 0.5) is 29.7 Å². The number of rotatable bonds is 11. The zero-order chi connectivity index (χ0) is 27.5. The zero-order valence-electron chi connectivity index (χ0n) is 20.1. The Morgan fingerprint density at radius 3 is 2.59 bits per heavy atom. The van der Waals surface area contributed by atoms with Crippen molar-refractivity contribution in [2.75, 3.05) is 21.9 Å². The molecule has 0 radical (unpaired) electrons. The number of nitrogens with zero attached hydrogens (tertiary/aromatic N) is 4. The number of aromatic nitrogens is 4. The van der Waals surface area contributed by atoms with Crippen LogP contribution in [0.15, 0.2) is 78.7 Å². The van der Waals surface area contributed by atoms with Crippen LogP contribution in [0.25, 0.3) is 10.9 Å². The molecule has 0 aliphatic heterocycles. The van der Waals surface area contributed by atoms with Gasteiger partial charge in [-0.1, -0.05) is 12.1 Å². The first kappa shape index (κ1) is 26.4. The molecule has 0 atom stereocenters. The van der Waals surface area contributed by atoms with Crippen molar-refractivity contribution in [1.82, 2.24) is 18.7 Å². The number of thiazole rings is 1. The summed E-state index contributed by atoms with van der Waals surface area (Å²) in [6.07, 6.45) is 1.88. The maximum atomic E-state index is 12.9. The van der Waals surface area contributed by atoms with Crippen molar-refractivity contribution in [1.29, 1.82) is 0 Å². The van der Waals surface area contributed by atoms with Gasteiger partial charge in [-0.2, -0.15) is 13.5 Å². The van der Waals surface area contributed by atoms with Gasteiger partial charge in [0.15, 0.2) is 5.13 Å². The number of benzene rings is 2. The Morgan fingerprint density at radius 2 is 1.85 bits per heavy atom. The average Bonchev–Trinajstić information content (AvgIpc) is 3.65. The third-order valence-corrected chi connectivity index (χ3v) is 7.61. The lowest BCUT2D eigenvalue weighted by Gasteiger charge is -2.17. The molecule has 15 heteroatoms. The Morgan fingerprint density at radius 1 is 1.03 bits per heavy atom. The Balaban J connectivity index is 1.36. The summed E-state index contributed by atoms with van der Waals surface area (Å²) in [7, 11) is -4.05. The standard InChI is InChI=1S/C24H22F3N7O3S2/c25-24(26,27)37-18-7-6-17(21(14-18)28-8-12-33-10-1-2-11-33)15-30-20-4-3-5-22-19(20)16-31-34(22)39(35,36)32-23-29-9-13-38-23/h1-7,9-11,13-14,16,28,30H,8,12,15H2,(H,29,32). The molecule has 0 bridgehead atoms. The van der Waals surface area contributed by atoms with Gasteiger partial charge in [0.1, 0.15) is 5.75 Å². The Kier molecular flexibility index (Phi) is 7.34. The van der Waals surface area contributed by atoms with E-state index in [1.54, 1.807) is 23.6 Å². The summed E-state index contributed by atoms with van der Waals surface area (Å²) >= 11 is 1.14. The van der Waals surface area contributed by atoms with E-state index in [-0.39, 0.29) is 17.4 Å². The Hall–Kier alpha value is -4.24. The Labute approximate surface area is 225 Å². The smallest absolute Gasteiger partial charge is 0.406 e. The molecule has 2 aromatic carbocycles. The van der Waals surface area contributed by atoms with Crippen molar-refractivity contribution in [3.8, 4) is 5.75 Å². The molecule has 0 saturated heterocycles. The summed E-state index contributed by atoms with van der Waals surface area (Å²) in [5.74, 6) is -0.337. The highest BCUT2D eigenvalue weighted by molar-refractivity contribution is 7.91. The largest absolute Gasteiger partial charge is 0.573 e. The fourth-order valence-corrected chi connectivity index (χ4v) is 5.73. The summed E-state index contributed by atoms with van der Waals surface area (Å²) in [5.41, 5.74) is 2.08. The third kappa shape index (κ3) is 6.43. The van der Waals surface area contributed by atoms with E-state index in [9.17, 15) is 21.6 Å². The van der Waals surface area contributed by atoms with Gasteiger partial charge in [-0.3, -0.25) is 0 Å². The number of alkyl halides is 3. The number of halogens is 3. The number of nitrogens with one attached hydrogen (secondary N) is 3. The van der Waals surface area contributed by atoms with Crippen molar-refractivity contribution >= 4 is 49.0 Å². The fourth-order valence-electron chi connectivity index (χ4n) is 3.90. The topological polar surface area (TPSA) is 115 Å². The van der Waals surface area contributed by atoms with Crippen LogP contribution in [0.2, 0.25) is 0 Å². The molecule has 0 aliphatic rings. The van der Waals surface area contributed by atoms with Crippen LogP contribution in [-0.2, 0) is 23.3 Å². The first-order valence-corrected chi connectivity index (χ1v) is 13.9. The predicted molar refractivity (Wildman–Crippen MR) is 143 cm³/mol. The molecule has 3 aromatic heterocycles. The lowest BCUT2D eigenvalue weighted by atomic mass is 10.1. The van der Waals surface area contributed by atoms with Crippen molar-refractivity contribution in [3.63, 3.8) is 0 Å². The fraction of sp³-hybridized carbons (Fsp3) is 0.167. The second kappa shape index (κ2) is 10.9. The van der Waals surface area contributed by atoms with Gasteiger partial charge < -0.3 is 19.9 Å². The van der Waals surface area contributed by atoms with E-state index in [0.29, 0.717) is 40.9 Å². The summed E-state index contributed by atoms with van der Waals surface area (Å²) in [6.45, 7) is 1.29. The van der Waals surface area contributed by atoms with Crippen molar-refractivity contribution < 1.29 is 26.3 Å². The highest BCUT2D eigenvalue weighted by Gasteiger charge is 2.31. The molecule has 0 saturated carbocycles. The van der Waals surface area contributed by atoms with Gasteiger partial charge in [0, 0.05) is 66.4 Å². The van der Waals surface area contributed by atoms with Gasteiger partial charge in [-0.25, -0.2) is 9.71 Å². The molecule has 5 aromatic rings.